The molecule has 0 amide bonds. The summed E-state index contributed by atoms with van der Waals surface area (Å²) < 4.78 is 5.47. The number of benzene rings is 1. The fraction of sp³-hybridized carbons (Fsp3) is 0.545. The monoisotopic (exact) mass is 543 g/mol. The van der Waals surface area contributed by atoms with Gasteiger partial charge in [0.25, 0.3) is 0 Å². The minimum Gasteiger partial charge on any atom is -0.379 e. The van der Waals surface area contributed by atoms with E-state index in [1.807, 2.05) is 0 Å². The van der Waals surface area contributed by atoms with Gasteiger partial charge in [-0.1, -0.05) is 38.1 Å². The van der Waals surface area contributed by atoms with Crippen LogP contribution in [-0.4, -0.2) is 48.7 Å². The van der Waals surface area contributed by atoms with Crippen LogP contribution in [0.5, 0.6) is 0 Å². The van der Waals surface area contributed by atoms with Crippen molar-refractivity contribution in [1.29, 1.82) is 0 Å². The van der Waals surface area contributed by atoms with Crippen LogP contribution >= 0.6 is 35.3 Å². The number of aliphatic imine (C=N–C) groups is 1. The lowest BCUT2D eigenvalue weighted by Gasteiger charge is -2.27. The van der Waals surface area contributed by atoms with E-state index in [-0.39, 0.29) is 24.0 Å². The number of nitrogens with one attached hydrogen (secondary N) is 2. The average Bonchev–Trinajstić information content (AvgIpc) is 3.21. The van der Waals surface area contributed by atoms with E-state index in [0.717, 1.165) is 51.0 Å². The zero-order valence-electron chi connectivity index (χ0n) is 18.2. The molecule has 1 aromatic carbocycles. The van der Waals surface area contributed by atoms with Crippen molar-refractivity contribution in [3.63, 3.8) is 0 Å². The molecule has 0 bridgehead atoms. The summed E-state index contributed by atoms with van der Waals surface area (Å²) in [7, 11) is 0. The van der Waals surface area contributed by atoms with E-state index < -0.39 is 0 Å². The molecule has 0 spiro atoms. The Morgan fingerprint density at radius 1 is 1.20 bits per heavy atom. The predicted molar refractivity (Wildman–Crippen MR) is 136 cm³/mol. The summed E-state index contributed by atoms with van der Waals surface area (Å²) in [5.74, 6) is 1.30. The number of aromatic nitrogens is 1. The second-order valence-electron chi connectivity index (χ2n) is 7.54. The third-order valence-electron chi connectivity index (χ3n) is 4.87. The van der Waals surface area contributed by atoms with E-state index in [9.17, 15) is 0 Å². The van der Waals surface area contributed by atoms with Crippen molar-refractivity contribution in [3.8, 4) is 0 Å². The Bertz CT molecular complexity index is 789. The van der Waals surface area contributed by atoms with Gasteiger partial charge in [-0.25, -0.2) is 9.98 Å². The van der Waals surface area contributed by atoms with E-state index in [2.05, 4.69) is 66.0 Å². The van der Waals surface area contributed by atoms with Crippen molar-refractivity contribution in [2.24, 2.45) is 4.99 Å². The molecule has 1 aliphatic rings. The van der Waals surface area contributed by atoms with E-state index in [4.69, 9.17) is 14.7 Å². The standard InChI is InChI=1S/C22H33N5OS.HI/c1-4-23-22(25-14-20-16-29-21(26-20)17(2)3)24-13-18-7-5-6-8-19(18)15-27-9-11-28-12-10-27;/h5-8,16-17H,4,9-15H2,1-3H3,(H2,23,24,25);1H. The van der Waals surface area contributed by atoms with Crippen molar-refractivity contribution < 1.29 is 4.74 Å². The van der Waals surface area contributed by atoms with Crippen LogP contribution in [0.25, 0.3) is 0 Å². The number of hydrogen-bond donors (Lipinski definition) is 2. The largest absolute Gasteiger partial charge is 0.379 e. The number of hydrogen-bond acceptors (Lipinski definition) is 5. The van der Waals surface area contributed by atoms with Crippen molar-refractivity contribution in [3.05, 3.63) is 51.5 Å². The van der Waals surface area contributed by atoms with Gasteiger partial charge in [0.05, 0.1) is 37.0 Å². The van der Waals surface area contributed by atoms with Crippen LogP contribution < -0.4 is 10.6 Å². The average molecular weight is 544 g/mol. The van der Waals surface area contributed by atoms with Gasteiger partial charge in [0.1, 0.15) is 0 Å². The smallest absolute Gasteiger partial charge is 0.191 e. The Morgan fingerprint density at radius 2 is 1.93 bits per heavy atom. The van der Waals surface area contributed by atoms with Gasteiger partial charge in [0, 0.05) is 37.5 Å². The Kier molecular flexibility index (Phi) is 11.0. The molecule has 8 heteroatoms. The number of morpholine rings is 1. The highest BCUT2D eigenvalue weighted by Crippen LogP contribution is 2.19. The molecule has 2 heterocycles. The highest BCUT2D eigenvalue weighted by Gasteiger charge is 2.13. The van der Waals surface area contributed by atoms with Gasteiger partial charge < -0.3 is 15.4 Å². The quantitative estimate of drug-likeness (QED) is 0.300. The molecule has 0 aliphatic carbocycles. The third-order valence-corrected chi connectivity index (χ3v) is 6.06. The van der Waals surface area contributed by atoms with Gasteiger partial charge in [-0.05, 0) is 18.1 Å². The molecule has 166 valence electrons. The molecule has 1 fully saturated rings. The summed E-state index contributed by atoms with van der Waals surface area (Å²) in [5.41, 5.74) is 3.68. The maximum absolute atomic E-state index is 5.47. The van der Waals surface area contributed by atoms with Gasteiger partial charge in [-0.3, -0.25) is 4.90 Å². The molecule has 0 unspecified atom stereocenters. The van der Waals surface area contributed by atoms with Crippen molar-refractivity contribution in [2.45, 2.75) is 46.3 Å². The maximum atomic E-state index is 5.47. The van der Waals surface area contributed by atoms with Gasteiger partial charge in [-0.15, -0.1) is 35.3 Å². The number of ether oxygens (including phenoxy) is 1. The third kappa shape index (κ3) is 7.79. The van der Waals surface area contributed by atoms with Crippen molar-refractivity contribution >= 4 is 41.3 Å². The molecule has 2 N–H and O–H groups in total. The number of nitrogens with zero attached hydrogens (tertiary/aromatic N) is 3. The highest BCUT2D eigenvalue weighted by molar-refractivity contribution is 14.0. The molecular weight excluding hydrogens is 509 g/mol. The number of halogens is 1. The lowest BCUT2D eigenvalue weighted by atomic mass is 10.1. The molecule has 0 atom stereocenters. The molecule has 6 nitrogen and oxygen atoms in total. The van der Waals surface area contributed by atoms with Gasteiger partial charge in [0.15, 0.2) is 5.96 Å². The molecule has 0 radical (unpaired) electrons. The van der Waals surface area contributed by atoms with Crippen LogP contribution in [-0.2, 0) is 24.4 Å². The fourth-order valence-corrected chi connectivity index (χ4v) is 4.05. The molecule has 1 aromatic heterocycles. The first-order chi connectivity index (χ1) is 14.2. The van der Waals surface area contributed by atoms with Crippen LogP contribution in [0.3, 0.4) is 0 Å². The summed E-state index contributed by atoms with van der Waals surface area (Å²) in [5, 5.41) is 10.1. The molecule has 3 rings (SSSR count). The summed E-state index contributed by atoms with van der Waals surface area (Å²) in [6.07, 6.45) is 0. The van der Waals surface area contributed by atoms with E-state index >= 15 is 0 Å². The second kappa shape index (κ2) is 13.2. The normalized spacial score (nSPS) is 15.1. The molecule has 0 saturated carbocycles. The van der Waals surface area contributed by atoms with E-state index in [1.165, 1.54) is 16.1 Å². The Morgan fingerprint density at radius 3 is 2.60 bits per heavy atom. The minimum absolute atomic E-state index is 0. The Balaban J connectivity index is 0.00000320. The molecule has 1 aliphatic heterocycles. The second-order valence-corrected chi connectivity index (χ2v) is 8.43. The van der Waals surface area contributed by atoms with Crippen LogP contribution in [0.15, 0.2) is 34.6 Å². The zero-order valence-corrected chi connectivity index (χ0v) is 21.3. The summed E-state index contributed by atoms with van der Waals surface area (Å²) >= 11 is 1.73. The number of rotatable bonds is 8. The van der Waals surface area contributed by atoms with Gasteiger partial charge >= 0.3 is 0 Å². The van der Waals surface area contributed by atoms with Crippen LogP contribution in [0.1, 0.15) is 48.5 Å². The number of guanidine groups is 1. The molecular formula is C22H34IN5OS. The van der Waals surface area contributed by atoms with Gasteiger partial charge in [-0.2, -0.15) is 0 Å². The predicted octanol–water partition coefficient (Wildman–Crippen LogP) is 3.97. The highest BCUT2D eigenvalue weighted by atomic mass is 127. The van der Waals surface area contributed by atoms with Crippen LogP contribution in [0.2, 0.25) is 0 Å². The Labute approximate surface area is 201 Å². The lowest BCUT2D eigenvalue weighted by molar-refractivity contribution is 0.0341. The van der Waals surface area contributed by atoms with Crippen LogP contribution in [0, 0.1) is 0 Å². The van der Waals surface area contributed by atoms with Crippen molar-refractivity contribution in [2.75, 3.05) is 32.8 Å². The summed E-state index contributed by atoms with van der Waals surface area (Å²) in [4.78, 5) is 12.0. The van der Waals surface area contributed by atoms with Crippen molar-refractivity contribution in [1.82, 2.24) is 20.5 Å². The SMILES string of the molecule is CCNC(=NCc1ccccc1CN1CCOCC1)NCc1csc(C(C)C)n1.I. The van der Waals surface area contributed by atoms with E-state index in [1.54, 1.807) is 11.3 Å². The van der Waals surface area contributed by atoms with E-state index in [0.29, 0.717) is 19.0 Å². The maximum Gasteiger partial charge on any atom is 0.191 e. The lowest BCUT2D eigenvalue weighted by Crippen LogP contribution is -2.37. The first kappa shape index (κ1) is 25.0. The first-order valence-electron chi connectivity index (χ1n) is 10.5. The fourth-order valence-electron chi connectivity index (χ4n) is 3.22. The topological polar surface area (TPSA) is 61.8 Å². The van der Waals surface area contributed by atoms with Crippen LogP contribution in [0.4, 0.5) is 0 Å². The molecule has 2 aromatic rings. The van der Waals surface area contributed by atoms with Gasteiger partial charge in [0.2, 0.25) is 0 Å². The first-order valence-corrected chi connectivity index (χ1v) is 11.4. The molecule has 30 heavy (non-hydrogen) atoms. The summed E-state index contributed by atoms with van der Waals surface area (Å²) in [6.45, 7) is 13.2. The zero-order chi connectivity index (χ0) is 20.5. The minimum atomic E-state index is 0. The molecule has 1 saturated heterocycles. The Hall–Kier alpha value is -1.23. The summed E-state index contributed by atoms with van der Waals surface area (Å²) in [6, 6.07) is 8.60. The number of thiazole rings is 1.